The average Bonchev–Trinajstić information content (AvgIpc) is 3.53. The number of para-hydroxylation sites is 1. The van der Waals surface area contributed by atoms with Gasteiger partial charge in [0.15, 0.2) is 5.78 Å². The number of furan rings is 1. The average molecular weight is 514 g/mol. The fourth-order valence-electron chi connectivity index (χ4n) is 4.03. The van der Waals surface area contributed by atoms with Crippen molar-refractivity contribution in [1.29, 1.82) is 0 Å². The summed E-state index contributed by atoms with van der Waals surface area (Å²) in [5, 5.41) is 8.85. The van der Waals surface area contributed by atoms with Crippen LogP contribution in [0.5, 0.6) is 5.75 Å². The lowest BCUT2D eigenvalue weighted by Gasteiger charge is -2.24. The third kappa shape index (κ3) is 7.67. The highest BCUT2D eigenvalue weighted by Gasteiger charge is 2.19. The van der Waals surface area contributed by atoms with Crippen LogP contribution >= 0.6 is 0 Å². The van der Waals surface area contributed by atoms with Gasteiger partial charge in [-0.15, -0.1) is 0 Å². The molecule has 3 aromatic carbocycles. The molecule has 4 rings (SSSR count). The first-order valence-electron chi connectivity index (χ1n) is 13.7. The SMILES string of the molecule is [2H]C([2H])(c1ccccc1)N(Cc1ccccc1OCCCCCC(=O)CO)C(=O)c1ccc(-c2ccoc2)cc1. The molecular formula is C32H33NO5. The van der Waals surface area contributed by atoms with Crippen molar-refractivity contribution in [2.45, 2.75) is 38.7 Å². The summed E-state index contributed by atoms with van der Waals surface area (Å²) >= 11 is 0. The Morgan fingerprint density at radius 1 is 0.868 bits per heavy atom. The normalized spacial score (nSPS) is 11.9. The smallest absolute Gasteiger partial charge is 0.254 e. The van der Waals surface area contributed by atoms with Crippen molar-refractivity contribution >= 4 is 11.7 Å². The molecule has 0 aliphatic rings. The summed E-state index contributed by atoms with van der Waals surface area (Å²) in [6.45, 7) is -2.12. The zero-order valence-corrected chi connectivity index (χ0v) is 21.2. The van der Waals surface area contributed by atoms with Gasteiger partial charge in [-0.2, -0.15) is 0 Å². The second kappa shape index (κ2) is 14.0. The number of ketones is 1. The number of benzene rings is 3. The molecule has 6 nitrogen and oxygen atoms in total. The highest BCUT2D eigenvalue weighted by Crippen LogP contribution is 2.24. The Morgan fingerprint density at radius 3 is 2.37 bits per heavy atom. The van der Waals surface area contributed by atoms with Crippen molar-refractivity contribution in [2.24, 2.45) is 0 Å². The number of hydrogen-bond acceptors (Lipinski definition) is 5. The Bertz CT molecular complexity index is 1370. The van der Waals surface area contributed by atoms with Gasteiger partial charge in [0.2, 0.25) is 0 Å². The topological polar surface area (TPSA) is 80.0 Å². The number of amides is 1. The van der Waals surface area contributed by atoms with Crippen LogP contribution in [0.25, 0.3) is 11.1 Å². The molecule has 0 atom stereocenters. The van der Waals surface area contributed by atoms with E-state index >= 15 is 0 Å². The van der Waals surface area contributed by atoms with Gasteiger partial charge in [-0.05, 0) is 54.7 Å². The van der Waals surface area contributed by atoms with E-state index in [0.29, 0.717) is 41.9 Å². The molecule has 4 aromatic rings. The molecule has 0 bridgehead atoms. The van der Waals surface area contributed by atoms with E-state index in [1.165, 1.54) is 4.90 Å². The summed E-state index contributed by atoms with van der Waals surface area (Å²) < 4.78 is 29.2. The van der Waals surface area contributed by atoms with Gasteiger partial charge in [0, 0.05) is 36.2 Å². The summed E-state index contributed by atoms with van der Waals surface area (Å²) in [4.78, 5) is 26.4. The van der Waals surface area contributed by atoms with Crippen LogP contribution in [-0.2, 0) is 17.8 Å². The third-order valence-corrected chi connectivity index (χ3v) is 6.10. The molecule has 0 spiro atoms. The van der Waals surface area contributed by atoms with Gasteiger partial charge < -0.3 is 19.2 Å². The first-order valence-corrected chi connectivity index (χ1v) is 12.7. The van der Waals surface area contributed by atoms with E-state index < -0.39 is 19.0 Å². The van der Waals surface area contributed by atoms with Crippen LogP contribution in [0.2, 0.25) is 0 Å². The van der Waals surface area contributed by atoms with E-state index in [1.54, 1.807) is 48.9 Å². The largest absolute Gasteiger partial charge is 0.493 e. The zero-order chi connectivity index (χ0) is 28.4. The number of hydrogen-bond donors (Lipinski definition) is 1. The molecule has 38 heavy (non-hydrogen) atoms. The van der Waals surface area contributed by atoms with Crippen LogP contribution in [-0.4, -0.2) is 34.9 Å². The number of nitrogens with zero attached hydrogens (tertiary/aromatic N) is 1. The van der Waals surface area contributed by atoms with Gasteiger partial charge in [0.25, 0.3) is 5.91 Å². The Morgan fingerprint density at radius 2 is 1.63 bits per heavy atom. The predicted octanol–water partition coefficient (Wildman–Crippen LogP) is 6.29. The van der Waals surface area contributed by atoms with Crippen molar-refractivity contribution < 1.29 is 26.6 Å². The molecular weight excluding hydrogens is 478 g/mol. The Balaban J connectivity index is 1.54. The van der Waals surface area contributed by atoms with Crippen molar-refractivity contribution in [2.75, 3.05) is 13.2 Å². The summed E-state index contributed by atoms with van der Waals surface area (Å²) in [5.74, 6) is -0.0401. The van der Waals surface area contributed by atoms with Crippen LogP contribution < -0.4 is 4.74 Å². The van der Waals surface area contributed by atoms with E-state index in [0.717, 1.165) is 24.0 Å². The van der Waals surface area contributed by atoms with Gasteiger partial charge in [0.1, 0.15) is 12.4 Å². The van der Waals surface area contributed by atoms with E-state index in [1.807, 2.05) is 48.5 Å². The lowest BCUT2D eigenvalue weighted by molar-refractivity contribution is -0.121. The summed E-state index contributed by atoms with van der Waals surface area (Å²) in [5.41, 5.74) is 3.20. The quantitative estimate of drug-likeness (QED) is 0.201. The first kappa shape index (κ1) is 24.2. The van der Waals surface area contributed by atoms with Crippen molar-refractivity contribution in [3.05, 3.63) is 114 Å². The monoisotopic (exact) mass is 513 g/mol. The predicted molar refractivity (Wildman–Crippen MR) is 147 cm³/mol. The molecule has 0 saturated heterocycles. The highest BCUT2D eigenvalue weighted by molar-refractivity contribution is 5.94. The molecule has 0 radical (unpaired) electrons. The minimum Gasteiger partial charge on any atom is -0.493 e. The first-order chi connectivity index (χ1) is 19.4. The maximum absolute atomic E-state index is 13.9. The lowest BCUT2D eigenvalue weighted by atomic mass is 10.1. The molecule has 0 aliphatic carbocycles. The van der Waals surface area contributed by atoms with Gasteiger partial charge in [-0.1, -0.05) is 60.7 Å². The molecule has 0 fully saturated rings. The van der Waals surface area contributed by atoms with E-state index in [2.05, 4.69) is 0 Å². The van der Waals surface area contributed by atoms with Crippen LogP contribution in [0.4, 0.5) is 0 Å². The van der Waals surface area contributed by atoms with Crippen LogP contribution in [0, 0.1) is 0 Å². The minimum absolute atomic E-state index is 0.00855. The van der Waals surface area contributed by atoms with Crippen molar-refractivity contribution in [3.63, 3.8) is 0 Å². The number of aliphatic hydroxyl groups excluding tert-OH is 1. The Hall–Kier alpha value is -4.16. The fourth-order valence-corrected chi connectivity index (χ4v) is 4.03. The summed E-state index contributed by atoms with van der Waals surface area (Å²) in [6, 6.07) is 24.8. The second-order valence-electron chi connectivity index (χ2n) is 8.92. The van der Waals surface area contributed by atoms with E-state index in [-0.39, 0.29) is 12.3 Å². The molecule has 0 saturated carbocycles. The van der Waals surface area contributed by atoms with E-state index in [4.69, 9.17) is 17.0 Å². The number of carbonyl (C=O) groups excluding carboxylic acids is 2. The van der Waals surface area contributed by atoms with Crippen molar-refractivity contribution in [1.82, 2.24) is 4.90 Å². The summed E-state index contributed by atoms with van der Waals surface area (Å²) in [6.07, 6.45) is 5.75. The molecule has 1 amide bonds. The molecule has 1 aromatic heterocycles. The van der Waals surface area contributed by atoms with Gasteiger partial charge in [-0.3, -0.25) is 9.59 Å². The second-order valence-corrected chi connectivity index (χ2v) is 8.92. The van der Waals surface area contributed by atoms with Gasteiger partial charge >= 0.3 is 0 Å². The van der Waals surface area contributed by atoms with E-state index in [9.17, 15) is 9.59 Å². The molecule has 196 valence electrons. The standard InChI is InChI=1S/C32H33NO5/c34-23-30(35)12-5-2-8-19-38-31-13-7-6-11-28(31)22-33(21-25-9-3-1-4-10-25)32(36)27-16-14-26(15-17-27)29-18-20-37-24-29/h1,3-4,6-7,9-11,13-18,20,24,34H,2,5,8,12,19,21-23H2/i21D2. The lowest BCUT2D eigenvalue weighted by Crippen LogP contribution is -2.30. The minimum atomic E-state index is -2.10. The highest BCUT2D eigenvalue weighted by atomic mass is 16.5. The number of Topliss-reactive ketones (excluding diaryl/α,β-unsaturated/α-hetero) is 1. The van der Waals surface area contributed by atoms with Crippen LogP contribution in [0.15, 0.2) is 102 Å². The Kier molecular flexibility index (Phi) is 8.89. The fraction of sp³-hybridized carbons (Fsp3) is 0.250. The molecule has 1 heterocycles. The zero-order valence-electron chi connectivity index (χ0n) is 23.2. The maximum atomic E-state index is 13.9. The van der Waals surface area contributed by atoms with Gasteiger partial charge in [0.05, 0.1) is 21.9 Å². The number of ether oxygens (including phenoxy) is 1. The van der Waals surface area contributed by atoms with Gasteiger partial charge in [-0.25, -0.2) is 0 Å². The molecule has 0 unspecified atom stereocenters. The van der Waals surface area contributed by atoms with Crippen LogP contribution in [0.1, 0.15) is 49.9 Å². The maximum Gasteiger partial charge on any atom is 0.254 e. The number of rotatable bonds is 14. The van der Waals surface area contributed by atoms with Crippen molar-refractivity contribution in [3.8, 4) is 16.9 Å². The van der Waals surface area contributed by atoms with Crippen LogP contribution in [0.3, 0.4) is 0 Å². The Labute approximate surface area is 226 Å². The summed E-state index contributed by atoms with van der Waals surface area (Å²) in [7, 11) is 0. The number of unbranched alkanes of at least 4 members (excludes halogenated alkanes) is 2. The third-order valence-electron chi connectivity index (χ3n) is 6.10. The number of carbonyl (C=O) groups is 2. The molecule has 6 heteroatoms. The molecule has 0 aliphatic heterocycles. The number of aliphatic hydroxyl groups is 1. The molecule has 1 N–H and O–H groups in total.